The standard InChI is InChI=1S/C12H12O4/c1-16-12(15)4-2-3-9-5-6-11(14)10(7-9)8-13/h2-3,5-8,14H,4H2,1H3. The van der Waals surface area contributed by atoms with Gasteiger partial charge in [-0.15, -0.1) is 0 Å². The van der Waals surface area contributed by atoms with E-state index in [2.05, 4.69) is 4.74 Å². The van der Waals surface area contributed by atoms with Crippen molar-refractivity contribution in [2.45, 2.75) is 6.42 Å². The van der Waals surface area contributed by atoms with Crippen LogP contribution in [0.2, 0.25) is 0 Å². The summed E-state index contributed by atoms with van der Waals surface area (Å²) in [6, 6.07) is 4.62. The predicted octanol–water partition coefficient (Wildman–Crippen LogP) is 1.78. The number of aromatic hydroxyl groups is 1. The third-order valence-corrected chi connectivity index (χ3v) is 2.00. The van der Waals surface area contributed by atoms with E-state index in [1.54, 1.807) is 18.2 Å². The fraction of sp³-hybridized carbons (Fsp3) is 0.167. The Kier molecular flexibility index (Phi) is 4.27. The van der Waals surface area contributed by atoms with Crippen molar-refractivity contribution in [3.63, 3.8) is 0 Å². The van der Waals surface area contributed by atoms with Crippen LogP contribution in [0, 0.1) is 0 Å². The van der Waals surface area contributed by atoms with Gasteiger partial charge < -0.3 is 9.84 Å². The summed E-state index contributed by atoms with van der Waals surface area (Å²) in [5, 5.41) is 9.26. The number of carbonyl (C=O) groups is 2. The summed E-state index contributed by atoms with van der Waals surface area (Å²) < 4.78 is 4.47. The maximum absolute atomic E-state index is 10.8. The van der Waals surface area contributed by atoms with Gasteiger partial charge in [0, 0.05) is 0 Å². The minimum absolute atomic E-state index is 0.0554. The van der Waals surface area contributed by atoms with Gasteiger partial charge in [0.05, 0.1) is 19.1 Å². The van der Waals surface area contributed by atoms with Crippen molar-refractivity contribution < 1.29 is 19.4 Å². The average Bonchev–Trinajstić information content (AvgIpc) is 2.31. The zero-order valence-electron chi connectivity index (χ0n) is 8.84. The molecule has 0 aliphatic carbocycles. The summed E-state index contributed by atoms with van der Waals surface area (Å²) in [6.07, 6.45) is 4.07. The van der Waals surface area contributed by atoms with Gasteiger partial charge in [-0.1, -0.05) is 18.2 Å². The molecule has 0 aliphatic rings. The lowest BCUT2D eigenvalue weighted by molar-refractivity contribution is -0.139. The van der Waals surface area contributed by atoms with E-state index in [-0.39, 0.29) is 23.7 Å². The number of carbonyl (C=O) groups excluding carboxylic acids is 2. The third-order valence-electron chi connectivity index (χ3n) is 2.00. The van der Waals surface area contributed by atoms with E-state index in [4.69, 9.17) is 0 Å². The summed E-state index contributed by atoms with van der Waals surface area (Å²) in [5.74, 6) is -0.384. The van der Waals surface area contributed by atoms with Gasteiger partial charge in [0.2, 0.25) is 0 Å². The smallest absolute Gasteiger partial charge is 0.309 e. The van der Waals surface area contributed by atoms with Crippen molar-refractivity contribution in [1.82, 2.24) is 0 Å². The molecule has 0 saturated heterocycles. The molecule has 0 radical (unpaired) electrons. The normalized spacial score (nSPS) is 10.3. The number of phenols is 1. The highest BCUT2D eigenvalue weighted by Crippen LogP contribution is 2.17. The predicted molar refractivity (Wildman–Crippen MR) is 59.2 cm³/mol. The molecule has 0 unspecified atom stereocenters. The number of hydrogen-bond donors (Lipinski definition) is 1. The first kappa shape index (κ1) is 12.0. The first-order chi connectivity index (χ1) is 7.67. The highest BCUT2D eigenvalue weighted by Gasteiger charge is 1.99. The van der Waals surface area contributed by atoms with Gasteiger partial charge in [-0.3, -0.25) is 9.59 Å². The highest BCUT2D eigenvalue weighted by molar-refractivity contribution is 5.80. The van der Waals surface area contributed by atoms with E-state index < -0.39 is 0 Å². The van der Waals surface area contributed by atoms with Crippen molar-refractivity contribution in [3.8, 4) is 5.75 Å². The minimum Gasteiger partial charge on any atom is -0.507 e. The van der Waals surface area contributed by atoms with Gasteiger partial charge in [-0.2, -0.15) is 0 Å². The van der Waals surface area contributed by atoms with Crippen molar-refractivity contribution in [2.24, 2.45) is 0 Å². The number of rotatable bonds is 4. The van der Waals surface area contributed by atoms with Gasteiger partial charge in [0.15, 0.2) is 6.29 Å². The SMILES string of the molecule is COC(=O)CC=Cc1ccc(O)c(C=O)c1. The number of ether oxygens (including phenoxy) is 1. The summed E-state index contributed by atoms with van der Waals surface area (Å²) in [7, 11) is 1.32. The zero-order valence-corrected chi connectivity index (χ0v) is 8.84. The lowest BCUT2D eigenvalue weighted by atomic mass is 10.1. The number of phenolic OH excluding ortho intramolecular Hbond substituents is 1. The van der Waals surface area contributed by atoms with Crippen molar-refractivity contribution in [2.75, 3.05) is 7.11 Å². The number of benzene rings is 1. The lowest BCUT2D eigenvalue weighted by Gasteiger charge is -1.98. The van der Waals surface area contributed by atoms with Crippen LogP contribution in [-0.4, -0.2) is 24.5 Å². The van der Waals surface area contributed by atoms with Crippen LogP contribution in [0.1, 0.15) is 22.3 Å². The van der Waals surface area contributed by atoms with Crippen LogP contribution in [0.4, 0.5) is 0 Å². The van der Waals surface area contributed by atoms with E-state index in [9.17, 15) is 14.7 Å². The van der Waals surface area contributed by atoms with Crippen molar-refractivity contribution in [1.29, 1.82) is 0 Å². The summed E-state index contributed by atoms with van der Waals surface area (Å²) in [6.45, 7) is 0. The van der Waals surface area contributed by atoms with Gasteiger partial charge >= 0.3 is 5.97 Å². The molecule has 0 spiro atoms. The summed E-state index contributed by atoms with van der Waals surface area (Å²) in [4.78, 5) is 21.4. The number of aldehydes is 1. The Balaban J connectivity index is 2.74. The minimum atomic E-state index is -0.328. The second-order valence-corrected chi connectivity index (χ2v) is 3.12. The molecule has 1 N–H and O–H groups in total. The average molecular weight is 220 g/mol. The van der Waals surface area contributed by atoms with E-state index in [1.165, 1.54) is 19.2 Å². The number of hydrogen-bond acceptors (Lipinski definition) is 4. The molecule has 1 aromatic carbocycles. The maximum atomic E-state index is 10.8. The summed E-state index contributed by atoms with van der Waals surface area (Å²) >= 11 is 0. The number of esters is 1. The second-order valence-electron chi connectivity index (χ2n) is 3.12. The Morgan fingerprint density at radius 3 is 2.88 bits per heavy atom. The molecule has 0 heterocycles. The molecule has 0 atom stereocenters. The van der Waals surface area contributed by atoms with Crippen LogP contribution >= 0.6 is 0 Å². The van der Waals surface area contributed by atoms with Gasteiger partial charge in [0.25, 0.3) is 0 Å². The molecular formula is C12H12O4. The number of methoxy groups -OCH3 is 1. The van der Waals surface area contributed by atoms with Gasteiger partial charge in [-0.05, 0) is 17.7 Å². The molecule has 0 saturated carbocycles. The molecule has 4 heteroatoms. The molecule has 0 amide bonds. The van der Waals surface area contributed by atoms with Crippen molar-refractivity contribution in [3.05, 3.63) is 35.4 Å². The molecule has 84 valence electrons. The molecule has 0 aliphatic heterocycles. The molecule has 4 nitrogen and oxygen atoms in total. The van der Waals surface area contributed by atoms with Crippen LogP contribution in [-0.2, 0) is 9.53 Å². The van der Waals surface area contributed by atoms with E-state index >= 15 is 0 Å². The van der Waals surface area contributed by atoms with E-state index in [1.807, 2.05) is 0 Å². The highest BCUT2D eigenvalue weighted by atomic mass is 16.5. The Morgan fingerprint density at radius 1 is 1.50 bits per heavy atom. The fourth-order valence-electron chi connectivity index (χ4n) is 1.15. The largest absolute Gasteiger partial charge is 0.507 e. The quantitative estimate of drug-likeness (QED) is 0.620. The van der Waals surface area contributed by atoms with Crippen LogP contribution in [0.25, 0.3) is 6.08 Å². The Morgan fingerprint density at radius 2 is 2.25 bits per heavy atom. The van der Waals surface area contributed by atoms with Crippen molar-refractivity contribution >= 4 is 18.3 Å². The molecule has 0 bridgehead atoms. The lowest BCUT2D eigenvalue weighted by Crippen LogP contribution is -1.96. The van der Waals surface area contributed by atoms with Crippen LogP contribution < -0.4 is 0 Å². The Labute approximate surface area is 93.2 Å². The van der Waals surface area contributed by atoms with Gasteiger partial charge in [0.1, 0.15) is 5.75 Å². The Bertz CT molecular complexity index is 421. The molecular weight excluding hydrogens is 208 g/mol. The molecule has 1 rings (SSSR count). The topological polar surface area (TPSA) is 63.6 Å². The summed E-state index contributed by atoms with van der Waals surface area (Å²) in [5.41, 5.74) is 0.962. The monoisotopic (exact) mass is 220 g/mol. The van der Waals surface area contributed by atoms with Gasteiger partial charge in [-0.25, -0.2) is 0 Å². The first-order valence-electron chi connectivity index (χ1n) is 4.69. The zero-order chi connectivity index (χ0) is 12.0. The molecule has 0 fully saturated rings. The second kappa shape index (κ2) is 5.70. The third kappa shape index (κ3) is 3.24. The molecule has 0 aromatic heterocycles. The molecule has 16 heavy (non-hydrogen) atoms. The van der Waals surface area contributed by atoms with Crippen LogP contribution in [0.15, 0.2) is 24.3 Å². The van der Waals surface area contributed by atoms with Crippen LogP contribution in [0.3, 0.4) is 0 Å². The fourth-order valence-corrected chi connectivity index (χ4v) is 1.15. The van der Waals surface area contributed by atoms with E-state index in [0.29, 0.717) is 6.29 Å². The molecule has 1 aromatic rings. The first-order valence-corrected chi connectivity index (χ1v) is 4.69. The Hall–Kier alpha value is -2.10. The van der Waals surface area contributed by atoms with Crippen LogP contribution in [0.5, 0.6) is 5.75 Å². The van der Waals surface area contributed by atoms with E-state index in [0.717, 1.165) is 5.56 Å². The maximum Gasteiger partial charge on any atom is 0.309 e.